The fourth-order valence-electron chi connectivity index (χ4n) is 4.46. The molecule has 0 saturated heterocycles. The molecule has 1 atom stereocenters. The maximum atomic E-state index is 13.7. The zero-order valence-corrected chi connectivity index (χ0v) is 18.7. The highest BCUT2D eigenvalue weighted by Crippen LogP contribution is 2.45. The molecule has 0 spiro atoms. The van der Waals surface area contributed by atoms with Gasteiger partial charge in [-0.3, -0.25) is 9.78 Å². The van der Waals surface area contributed by atoms with E-state index in [4.69, 9.17) is 4.74 Å². The number of nitrogens with zero attached hydrogens (tertiary/aromatic N) is 2. The largest absolute Gasteiger partial charge is 0.443 e. The third kappa shape index (κ3) is 3.84. The van der Waals surface area contributed by atoms with Gasteiger partial charge in [0.05, 0.1) is 5.52 Å². The van der Waals surface area contributed by atoms with Gasteiger partial charge in [-0.1, -0.05) is 18.2 Å². The molecule has 3 aromatic rings. The minimum absolute atomic E-state index is 0.222. The molecule has 2 aromatic carbocycles. The number of carbonyl (C=O) groups excluding carboxylic acids is 2. The summed E-state index contributed by atoms with van der Waals surface area (Å²) >= 11 is 0. The van der Waals surface area contributed by atoms with E-state index in [0.29, 0.717) is 12.0 Å². The Hall–Kier alpha value is -3.74. The van der Waals surface area contributed by atoms with Crippen LogP contribution in [0, 0.1) is 5.82 Å². The van der Waals surface area contributed by atoms with Crippen molar-refractivity contribution in [3.63, 3.8) is 0 Å². The molecule has 2 aliphatic heterocycles. The molecule has 1 unspecified atom stereocenters. The topological polar surface area (TPSA) is 71.5 Å². The molecule has 2 aliphatic rings. The number of fused-ring (bicyclic) bond motifs is 2. The van der Waals surface area contributed by atoms with E-state index in [1.54, 1.807) is 39.1 Å². The van der Waals surface area contributed by atoms with Crippen LogP contribution in [0.3, 0.4) is 0 Å². The summed E-state index contributed by atoms with van der Waals surface area (Å²) in [6.45, 7) is 5.52. The fraction of sp³-hybridized carbons (Fsp3) is 0.269. The highest BCUT2D eigenvalue weighted by atomic mass is 19.1. The number of benzene rings is 2. The molecule has 7 heteroatoms. The van der Waals surface area contributed by atoms with E-state index in [1.807, 2.05) is 24.3 Å². The van der Waals surface area contributed by atoms with Crippen LogP contribution in [0.1, 0.15) is 44.2 Å². The summed E-state index contributed by atoms with van der Waals surface area (Å²) in [7, 11) is 0. The SMILES string of the molecule is CC(C)(C)OC(=O)N1CCC2=C(C1=O)C(c1ccc(F)cc1)c1cc3ncccc3cc1N2. The smallest absolute Gasteiger partial charge is 0.417 e. The molecule has 6 nitrogen and oxygen atoms in total. The molecule has 5 rings (SSSR count). The van der Waals surface area contributed by atoms with Crippen molar-refractivity contribution in [2.75, 3.05) is 11.9 Å². The number of amides is 2. The van der Waals surface area contributed by atoms with E-state index in [9.17, 15) is 14.0 Å². The monoisotopic (exact) mass is 445 g/mol. The number of rotatable bonds is 1. The molecule has 0 saturated carbocycles. The maximum absolute atomic E-state index is 13.7. The summed E-state index contributed by atoms with van der Waals surface area (Å²) in [5.74, 6) is -1.23. The molecule has 0 fully saturated rings. The number of aromatic nitrogens is 1. The Morgan fingerprint density at radius 2 is 1.94 bits per heavy atom. The summed E-state index contributed by atoms with van der Waals surface area (Å²) in [5, 5.41) is 4.39. The van der Waals surface area contributed by atoms with Gasteiger partial charge in [0.25, 0.3) is 5.91 Å². The number of nitrogens with one attached hydrogen (secondary N) is 1. The molecule has 168 valence electrons. The Balaban J connectivity index is 1.64. The summed E-state index contributed by atoms with van der Waals surface area (Å²) in [4.78, 5) is 32.1. The van der Waals surface area contributed by atoms with Crippen LogP contribution in [0.2, 0.25) is 0 Å². The van der Waals surface area contributed by atoms with E-state index in [-0.39, 0.29) is 12.4 Å². The van der Waals surface area contributed by atoms with Gasteiger partial charge in [-0.15, -0.1) is 0 Å². The zero-order chi connectivity index (χ0) is 23.3. The van der Waals surface area contributed by atoms with Crippen molar-refractivity contribution in [3.8, 4) is 0 Å². The van der Waals surface area contributed by atoms with Crippen molar-refractivity contribution in [2.24, 2.45) is 0 Å². The summed E-state index contributed by atoms with van der Waals surface area (Å²) in [6.07, 6.45) is 1.53. The van der Waals surface area contributed by atoms with Gasteiger partial charge in [0, 0.05) is 47.4 Å². The van der Waals surface area contributed by atoms with Crippen molar-refractivity contribution in [1.29, 1.82) is 0 Å². The number of hydrogen-bond donors (Lipinski definition) is 1. The molecule has 1 N–H and O–H groups in total. The molecule has 0 bridgehead atoms. The number of halogens is 1. The molecule has 3 heterocycles. The lowest BCUT2D eigenvalue weighted by Gasteiger charge is -2.38. The summed E-state index contributed by atoms with van der Waals surface area (Å²) < 4.78 is 19.2. The van der Waals surface area contributed by atoms with Crippen LogP contribution in [0.15, 0.2) is 66.0 Å². The van der Waals surface area contributed by atoms with Crippen molar-refractivity contribution < 1.29 is 18.7 Å². The molecular weight excluding hydrogens is 421 g/mol. The van der Waals surface area contributed by atoms with Gasteiger partial charge >= 0.3 is 6.09 Å². The Kier molecular flexibility index (Phi) is 4.92. The third-order valence-corrected chi connectivity index (χ3v) is 5.86. The third-order valence-electron chi connectivity index (χ3n) is 5.86. The Morgan fingerprint density at radius 1 is 1.18 bits per heavy atom. The van der Waals surface area contributed by atoms with E-state index < -0.39 is 23.5 Å². The van der Waals surface area contributed by atoms with E-state index in [2.05, 4.69) is 10.3 Å². The fourth-order valence-corrected chi connectivity index (χ4v) is 4.46. The van der Waals surface area contributed by atoms with E-state index in [1.165, 1.54) is 12.1 Å². The Morgan fingerprint density at radius 3 is 2.67 bits per heavy atom. The molecule has 0 radical (unpaired) electrons. The van der Waals surface area contributed by atoms with E-state index >= 15 is 0 Å². The van der Waals surface area contributed by atoms with Crippen LogP contribution in [0.4, 0.5) is 14.9 Å². The van der Waals surface area contributed by atoms with Gasteiger partial charge in [-0.2, -0.15) is 0 Å². The Bertz CT molecular complexity index is 1310. The van der Waals surface area contributed by atoms with Crippen molar-refractivity contribution in [3.05, 3.63) is 82.9 Å². The lowest BCUT2D eigenvalue weighted by Crippen LogP contribution is -2.47. The standard InChI is InChI=1S/C26H24FN3O3/c1-26(2,3)33-25(32)30-12-10-19-23(24(30)31)22(15-6-8-17(27)9-7-15)18-14-20-16(5-4-11-28-20)13-21(18)29-19/h4-9,11,13-14,22,29H,10,12H2,1-3H3. The minimum atomic E-state index is -0.718. The number of imide groups is 1. The predicted molar refractivity (Wildman–Crippen MR) is 123 cm³/mol. The second-order valence-electron chi connectivity index (χ2n) is 9.32. The maximum Gasteiger partial charge on any atom is 0.417 e. The lowest BCUT2D eigenvalue weighted by molar-refractivity contribution is -0.127. The number of hydrogen-bond acceptors (Lipinski definition) is 5. The first-order valence-electron chi connectivity index (χ1n) is 10.9. The predicted octanol–water partition coefficient (Wildman–Crippen LogP) is 5.35. The first kappa shape index (κ1) is 21.1. The van der Waals surface area contributed by atoms with Crippen LogP contribution < -0.4 is 5.32 Å². The Labute approximate surface area is 191 Å². The van der Waals surface area contributed by atoms with Gasteiger partial charge in [-0.05, 0) is 62.2 Å². The second-order valence-corrected chi connectivity index (χ2v) is 9.32. The van der Waals surface area contributed by atoms with Gasteiger partial charge < -0.3 is 10.1 Å². The van der Waals surface area contributed by atoms with Gasteiger partial charge in [0.1, 0.15) is 11.4 Å². The highest BCUT2D eigenvalue weighted by molar-refractivity contribution is 6.07. The summed E-state index contributed by atoms with van der Waals surface area (Å²) in [6, 6.07) is 14.0. The van der Waals surface area contributed by atoms with Crippen molar-refractivity contribution in [1.82, 2.24) is 9.88 Å². The molecule has 33 heavy (non-hydrogen) atoms. The quantitative estimate of drug-likeness (QED) is 0.547. The van der Waals surface area contributed by atoms with Crippen LogP contribution in [0.5, 0.6) is 0 Å². The first-order valence-corrected chi connectivity index (χ1v) is 10.9. The first-order chi connectivity index (χ1) is 15.7. The molecule has 1 aromatic heterocycles. The molecule has 2 amide bonds. The zero-order valence-electron chi connectivity index (χ0n) is 18.7. The number of anilines is 1. The number of carbonyl (C=O) groups is 2. The number of pyridine rings is 1. The van der Waals surface area contributed by atoms with Crippen LogP contribution in [-0.2, 0) is 9.53 Å². The highest BCUT2D eigenvalue weighted by Gasteiger charge is 2.41. The molecule has 0 aliphatic carbocycles. The average molecular weight is 445 g/mol. The summed E-state index contributed by atoms with van der Waals surface area (Å²) in [5.41, 5.74) is 3.81. The number of ether oxygens (including phenoxy) is 1. The van der Waals surface area contributed by atoms with Crippen molar-refractivity contribution >= 4 is 28.6 Å². The average Bonchev–Trinajstić information content (AvgIpc) is 2.76. The normalized spacial score (nSPS) is 18.0. The van der Waals surface area contributed by atoms with Crippen LogP contribution >= 0.6 is 0 Å². The van der Waals surface area contributed by atoms with Gasteiger partial charge in [0.15, 0.2) is 0 Å². The van der Waals surface area contributed by atoms with Crippen LogP contribution in [0.25, 0.3) is 10.9 Å². The van der Waals surface area contributed by atoms with E-state index in [0.717, 1.165) is 38.3 Å². The second kappa shape index (κ2) is 7.69. The minimum Gasteiger partial charge on any atom is -0.443 e. The van der Waals surface area contributed by atoms with Crippen molar-refractivity contribution in [2.45, 2.75) is 38.7 Å². The lowest BCUT2D eigenvalue weighted by atomic mass is 9.78. The molecular formula is C26H24FN3O3. The van der Waals surface area contributed by atoms with Crippen LogP contribution in [-0.4, -0.2) is 34.0 Å². The van der Waals surface area contributed by atoms with Gasteiger partial charge in [-0.25, -0.2) is 14.1 Å². The van der Waals surface area contributed by atoms with Gasteiger partial charge in [0.2, 0.25) is 0 Å².